The first-order valence-corrected chi connectivity index (χ1v) is 12.9. The summed E-state index contributed by atoms with van der Waals surface area (Å²) in [6, 6.07) is 22.0. The van der Waals surface area contributed by atoms with Crippen LogP contribution >= 0.6 is 0 Å². The molecule has 10 heteroatoms. The van der Waals surface area contributed by atoms with Crippen LogP contribution in [-0.4, -0.2) is 65.7 Å². The highest BCUT2D eigenvalue weighted by Gasteiger charge is 2.24. The Hall–Kier alpha value is -4.44. The van der Waals surface area contributed by atoms with Crippen LogP contribution in [0.5, 0.6) is 0 Å². The summed E-state index contributed by atoms with van der Waals surface area (Å²) in [6.45, 7) is 3.07. The number of carbonyl (C=O) groups is 2. The van der Waals surface area contributed by atoms with Crippen molar-refractivity contribution < 1.29 is 19.6 Å². The van der Waals surface area contributed by atoms with E-state index in [9.17, 15) is 24.8 Å². The topological polar surface area (TPSA) is 137 Å². The number of para-hydroxylation sites is 1. The van der Waals surface area contributed by atoms with Crippen LogP contribution in [0.4, 0.5) is 16.2 Å². The van der Waals surface area contributed by atoms with E-state index in [-0.39, 0.29) is 31.2 Å². The van der Waals surface area contributed by atoms with Crippen LogP contribution in [0.25, 0.3) is 0 Å². The van der Waals surface area contributed by atoms with Gasteiger partial charge in [-0.3, -0.25) is 14.9 Å². The summed E-state index contributed by atoms with van der Waals surface area (Å²) < 4.78 is 0. The van der Waals surface area contributed by atoms with E-state index < -0.39 is 17.0 Å². The molecule has 0 fully saturated rings. The number of non-ortho nitro benzene ring substituents is 1. The monoisotopic (exact) mass is 533 g/mol. The van der Waals surface area contributed by atoms with Crippen LogP contribution in [0.2, 0.25) is 0 Å². The molecule has 0 radical (unpaired) electrons. The van der Waals surface area contributed by atoms with Crippen molar-refractivity contribution in [2.24, 2.45) is 0 Å². The van der Waals surface area contributed by atoms with E-state index in [1.54, 1.807) is 12.1 Å². The molecule has 0 bridgehead atoms. The number of anilines is 1. The lowest BCUT2D eigenvalue weighted by molar-refractivity contribution is -0.384. The van der Waals surface area contributed by atoms with Gasteiger partial charge in [-0.15, -0.1) is 0 Å². The van der Waals surface area contributed by atoms with E-state index in [1.807, 2.05) is 61.5 Å². The van der Waals surface area contributed by atoms with Crippen LogP contribution in [-0.2, 0) is 17.6 Å². The number of nitro groups is 1. The minimum Gasteiger partial charge on any atom is -0.395 e. The molecule has 4 N–H and O–H groups in total. The van der Waals surface area contributed by atoms with Crippen molar-refractivity contribution in [2.45, 2.75) is 25.8 Å². The SMILES string of the molecule is Cc1ccccc1NCCNC(=O)[C@H](Cc1ccc([N+](=O)[O-])cc1)NC(=O)N(CCO)CCc1ccccc1. The molecule has 0 saturated carbocycles. The van der Waals surface area contributed by atoms with E-state index in [0.29, 0.717) is 31.6 Å². The largest absolute Gasteiger partial charge is 0.395 e. The van der Waals surface area contributed by atoms with Crippen LogP contribution in [0, 0.1) is 17.0 Å². The Morgan fingerprint density at radius 1 is 0.923 bits per heavy atom. The number of aliphatic hydroxyl groups excluding tert-OH is 1. The van der Waals surface area contributed by atoms with Crippen molar-refractivity contribution in [2.75, 3.05) is 38.1 Å². The minimum absolute atomic E-state index is 0.0545. The summed E-state index contributed by atoms with van der Waals surface area (Å²) >= 11 is 0. The van der Waals surface area contributed by atoms with E-state index in [0.717, 1.165) is 16.8 Å². The van der Waals surface area contributed by atoms with Gasteiger partial charge in [-0.2, -0.15) is 0 Å². The fourth-order valence-corrected chi connectivity index (χ4v) is 4.06. The number of hydrogen-bond acceptors (Lipinski definition) is 6. The van der Waals surface area contributed by atoms with Crippen molar-refractivity contribution in [1.29, 1.82) is 0 Å². The first kappa shape index (κ1) is 29.1. The lowest BCUT2D eigenvalue weighted by atomic mass is 10.0. The molecule has 3 rings (SSSR count). The third-order valence-corrected chi connectivity index (χ3v) is 6.26. The number of nitrogens with zero attached hydrogens (tertiary/aromatic N) is 2. The second-order valence-electron chi connectivity index (χ2n) is 9.11. The predicted molar refractivity (Wildman–Crippen MR) is 151 cm³/mol. The molecule has 0 aliphatic rings. The lowest BCUT2D eigenvalue weighted by Crippen LogP contribution is -2.53. The Morgan fingerprint density at radius 3 is 2.28 bits per heavy atom. The first-order valence-electron chi connectivity index (χ1n) is 12.9. The molecule has 10 nitrogen and oxygen atoms in total. The van der Waals surface area contributed by atoms with Gasteiger partial charge in [-0.05, 0) is 36.1 Å². The number of amides is 3. The smallest absolute Gasteiger partial charge is 0.318 e. The number of aliphatic hydroxyl groups is 1. The quantitative estimate of drug-likeness (QED) is 0.143. The number of benzene rings is 3. The lowest BCUT2D eigenvalue weighted by Gasteiger charge is -2.26. The van der Waals surface area contributed by atoms with Gasteiger partial charge in [0.25, 0.3) is 5.69 Å². The van der Waals surface area contributed by atoms with Crippen molar-refractivity contribution >= 4 is 23.3 Å². The predicted octanol–water partition coefficient (Wildman–Crippen LogP) is 3.29. The Morgan fingerprint density at radius 2 is 1.62 bits per heavy atom. The molecule has 0 saturated heterocycles. The normalized spacial score (nSPS) is 11.3. The van der Waals surface area contributed by atoms with Crippen LogP contribution in [0.1, 0.15) is 16.7 Å². The molecular weight excluding hydrogens is 498 g/mol. The fraction of sp³-hybridized carbons (Fsp3) is 0.310. The molecule has 0 aliphatic carbocycles. The Labute approximate surface area is 228 Å². The van der Waals surface area contributed by atoms with Gasteiger partial charge in [-0.1, -0.05) is 60.7 Å². The average Bonchev–Trinajstić information content (AvgIpc) is 2.94. The zero-order valence-corrected chi connectivity index (χ0v) is 22.0. The van der Waals surface area contributed by atoms with Crippen LogP contribution in [0.3, 0.4) is 0 Å². The summed E-state index contributed by atoms with van der Waals surface area (Å²) in [6.07, 6.45) is 0.741. The summed E-state index contributed by atoms with van der Waals surface area (Å²) in [5.41, 5.74) is 3.72. The van der Waals surface area contributed by atoms with Gasteiger partial charge in [0.1, 0.15) is 6.04 Å². The summed E-state index contributed by atoms with van der Waals surface area (Å²) in [5.74, 6) is -0.375. The molecule has 206 valence electrons. The zero-order chi connectivity index (χ0) is 28.0. The van der Waals surface area contributed by atoms with E-state index in [1.165, 1.54) is 17.0 Å². The Kier molecular flexibility index (Phi) is 11.3. The molecule has 3 aromatic carbocycles. The average molecular weight is 534 g/mol. The van der Waals surface area contributed by atoms with Gasteiger partial charge in [-0.25, -0.2) is 4.79 Å². The van der Waals surface area contributed by atoms with Crippen LogP contribution < -0.4 is 16.0 Å². The van der Waals surface area contributed by atoms with Gasteiger partial charge in [0.2, 0.25) is 5.91 Å². The van der Waals surface area contributed by atoms with Crippen LogP contribution in [0.15, 0.2) is 78.9 Å². The van der Waals surface area contributed by atoms with Gasteiger partial charge >= 0.3 is 6.03 Å². The summed E-state index contributed by atoms with van der Waals surface area (Å²) in [5, 5.41) is 29.5. The standard InChI is InChI=1S/C29H35N5O5/c1-22-7-5-6-10-26(22)30-16-17-31-28(36)27(21-24-11-13-25(14-12-24)34(38)39)32-29(37)33(19-20-35)18-15-23-8-3-2-4-9-23/h2-14,27,30,35H,15-21H2,1H3,(H,31,36)(H,32,37)/t27-/m0/s1. The number of hydrogen-bond donors (Lipinski definition) is 4. The number of aryl methyl sites for hydroxylation is 1. The van der Waals surface area contributed by atoms with Gasteiger partial charge in [0.15, 0.2) is 0 Å². The third-order valence-electron chi connectivity index (χ3n) is 6.26. The molecule has 1 atom stereocenters. The number of nitrogens with one attached hydrogen (secondary N) is 3. The highest BCUT2D eigenvalue weighted by Crippen LogP contribution is 2.14. The molecule has 39 heavy (non-hydrogen) atoms. The number of carbonyl (C=O) groups excluding carboxylic acids is 2. The zero-order valence-electron chi connectivity index (χ0n) is 22.0. The Bertz CT molecular complexity index is 1220. The van der Waals surface area contributed by atoms with E-state index >= 15 is 0 Å². The van der Waals surface area contributed by atoms with Crippen molar-refractivity contribution in [3.63, 3.8) is 0 Å². The first-order chi connectivity index (χ1) is 18.9. The summed E-state index contributed by atoms with van der Waals surface area (Å²) in [7, 11) is 0. The molecule has 0 aliphatic heterocycles. The van der Waals surface area contributed by atoms with Gasteiger partial charge < -0.3 is 26.0 Å². The molecule has 3 aromatic rings. The second-order valence-corrected chi connectivity index (χ2v) is 9.11. The molecule has 0 unspecified atom stereocenters. The minimum atomic E-state index is -0.921. The van der Waals surface area contributed by atoms with Gasteiger partial charge in [0.05, 0.1) is 11.5 Å². The van der Waals surface area contributed by atoms with Crippen molar-refractivity contribution in [3.05, 3.63) is 106 Å². The van der Waals surface area contributed by atoms with Crippen molar-refractivity contribution in [1.82, 2.24) is 15.5 Å². The third kappa shape index (κ3) is 9.42. The highest BCUT2D eigenvalue weighted by atomic mass is 16.6. The maximum atomic E-state index is 13.2. The number of rotatable bonds is 14. The number of urea groups is 1. The maximum Gasteiger partial charge on any atom is 0.318 e. The van der Waals surface area contributed by atoms with E-state index in [2.05, 4.69) is 16.0 Å². The molecule has 0 spiro atoms. The van der Waals surface area contributed by atoms with Crippen molar-refractivity contribution in [3.8, 4) is 0 Å². The fourth-order valence-electron chi connectivity index (χ4n) is 4.06. The highest BCUT2D eigenvalue weighted by molar-refractivity contribution is 5.87. The maximum absolute atomic E-state index is 13.2. The number of nitro benzene ring substituents is 1. The van der Waals surface area contributed by atoms with E-state index in [4.69, 9.17) is 0 Å². The molecule has 3 amide bonds. The molecular formula is C29H35N5O5. The molecule has 0 aromatic heterocycles. The van der Waals surface area contributed by atoms with Gasteiger partial charge in [0, 0.05) is 50.4 Å². The second kappa shape index (κ2) is 15.1. The Balaban J connectivity index is 1.66. The molecule has 0 heterocycles. The summed E-state index contributed by atoms with van der Waals surface area (Å²) in [4.78, 5) is 38.3.